The molecular weight excluding hydrogens is 256 g/mol. The van der Waals surface area contributed by atoms with E-state index in [2.05, 4.69) is 5.32 Å². The molecule has 1 heterocycles. The van der Waals surface area contributed by atoms with E-state index >= 15 is 0 Å². The van der Waals surface area contributed by atoms with E-state index in [-0.39, 0.29) is 24.2 Å². The molecule has 1 fully saturated rings. The van der Waals surface area contributed by atoms with Gasteiger partial charge in [0.15, 0.2) is 0 Å². The summed E-state index contributed by atoms with van der Waals surface area (Å²) < 4.78 is 0. The van der Waals surface area contributed by atoms with Gasteiger partial charge < -0.3 is 10.4 Å². The van der Waals surface area contributed by atoms with Crippen molar-refractivity contribution < 1.29 is 5.11 Å². The number of aromatic hydroxyl groups is 1. The van der Waals surface area contributed by atoms with Crippen molar-refractivity contribution in [3.05, 3.63) is 27.7 Å². The number of phenolic OH excluding ortho intramolecular Hbond substituents is 1. The lowest BCUT2D eigenvalue weighted by Crippen LogP contribution is -2.13. The van der Waals surface area contributed by atoms with Crippen molar-refractivity contribution in [2.75, 3.05) is 6.54 Å². The van der Waals surface area contributed by atoms with Gasteiger partial charge in [-0.2, -0.15) is 0 Å². The molecule has 1 aromatic rings. The molecule has 1 aliphatic heterocycles. The minimum atomic E-state index is 0. The van der Waals surface area contributed by atoms with Crippen LogP contribution in [0.2, 0.25) is 10.0 Å². The third-order valence-electron chi connectivity index (χ3n) is 2.48. The van der Waals surface area contributed by atoms with Crippen LogP contribution in [0.1, 0.15) is 24.4 Å². The fourth-order valence-corrected chi connectivity index (χ4v) is 2.46. The summed E-state index contributed by atoms with van der Waals surface area (Å²) in [6.07, 6.45) is 2.12. The second-order valence-electron chi connectivity index (χ2n) is 3.47. The van der Waals surface area contributed by atoms with Crippen LogP contribution in [0.3, 0.4) is 0 Å². The zero-order valence-electron chi connectivity index (χ0n) is 7.96. The van der Waals surface area contributed by atoms with Gasteiger partial charge in [-0.05, 0) is 31.5 Å². The maximum absolute atomic E-state index is 9.72. The molecule has 0 unspecified atom stereocenters. The molecule has 0 amide bonds. The Morgan fingerprint density at radius 2 is 2.07 bits per heavy atom. The lowest BCUT2D eigenvalue weighted by molar-refractivity contribution is 0.457. The molecule has 0 bridgehead atoms. The topological polar surface area (TPSA) is 32.3 Å². The Bertz CT molecular complexity index is 328. The average Bonchev–Trinajstić information content (AvgIpc) is 2.54. The van der Waals surface area contributed by atoms with Crippen LogP contribution in [-0.4, -0.2) is 11.7 Å². The maximum Gasteiger partial charge on any atom is 0.123 e. The van der Waals surface area contributed by atoms with Crippen LogP contribution in [0.5, 0.6) is 5.75 Å². The van der Waals surface area contributed by atoms with E-state index in [1.54, 1.807) is 6.07 Å². The fourth-order valence-electron chi connectivity index (χ4n) is 1.85. The summed E-state index contributed by atoms with van der Waals surface area (Å²) in [5.74, 6) is 0.182. The molecule has 1 saturated heterocycles. The zero-order chi connectivity index (χ0) is 10.1. The van der Waals surface area contributed by atoms with Crippen molar-refractivity contribution in [2.24, 2.45) is 0 Å². The van der Waals surface area contributed by atoms with Gasteiger partial charge in [0.25, 0.3) is 0 Å². The molecule has 5 heteroatoms. The van der Waals surface area contributed by atoms with E-state index in [1.165, 1.54) is 6.07 Å². The predicted molar refractivity (Wildman–Crippen MR) is 65.4 cm³/mol. The minimum absolute atomic E-state index is 0. The van der Waals surface area contributed by atoms with Gasteiger partial charge in [-0.3, -0.25) is 0 Å². The maximum atomic E-state index is 9.72. The van der Waals surface area contributed by atoms with Crippen LogP contribution in [0.25, 0.3) is 0 Å². The molecule has 2 rings (SSSR count). The van der Waals surface area contributed by atoms with E-state index in [9.17, 15) is 5.11 Å². The molecule has 1 atom stereocenters. The normalized spacial score (nSPS) is 20.0. The number of nitrogens with one attached hydrogen (secondary N) is 1. The molecule has 1 aromatic carbocycles. The number of phenols is 1. The Morgan fingerprint density at radius 3 is 2.60 bits per heavy atom. The van der Waals surface area contributed by atoms with Gasteiger partial charge in [0.1, 0.15) is 5.75 Å². The van der Waals surface area contributed by atoms with E-state index < -0.39 is 0 Å². The minimum Gasteiger partial charge on any atom is -0.508 e. The monoisotopic (exact) mass is 267 g/mol. The van der Waals surface area contributed by atoms with Gasteiger partial charge in [-0.1, -0.05) is 23.2 Å². The quantitative estimate of drug-likeness (QED) is 0.816. The Morgan fingerprint density at radius 1 is 1.33 bits per heavy atom. The lowest BCUT2D eigenvalue weighted by atomic mass is 10.0. The fraction of sp³-hybridized carbons (Fsp3) is 0.400. The highest BCUT2D eigenvalue weighted by molar-refractivity contribution is 6.35. The van der Waals surface area contributed by atoms with E-state index in [4.69, 9.17) is 23.2 Å². The van der Waals surface area contributed by atoms with Crippen LogP contribution in [0, 0.1) is 0 Å². The summed E-state index contributed by atoms with van der Waals surface area (Å²) in [7, 11) is 0. The van der Waals surface area contributed by atoms with Gasteiger partial charge in [-0.25, -0.2) is 0 Å². The predicted octanol–water partition coefficient (Wildman–Crippen LogP) is 3.55. The summed E-state index contributed by atoms with van der Waals surface area (Å²) in [4.78, 5) is 0. The van der Waals surface area contributed by atoms with Crippen molar-refractivity contribution in [3.8, 4) is 5.75 Å². The second kappa shape index (κ2) is 5.26. The molecule has 0 aromatic heterocycles. The molecule has 84 valence electrons. The largest absolute Gasteiger partial charge is 0.508 e. The number of rotatable bonds is 1. The zero-order valence-corrected chi connectivity index (χ0v) is 10.3. The van der Waals surface area contributed by atoms with Crippen molar-refractivity contribution in [2.45, 2.75) is 18.9 Å². The first-order chi connectivity index (χ1) is 6.68. The van der Waals surface area contributed by atoms with Crippen molar-refractivity contribution in [1.82, 2.24) is 5.32 Å². The molecule has 15 heavy (non-hydrogen) atoms. The molecule has 0 spiro atoms. The number of benzene rings is 1. The van der Waals surface area contributed by atoms with Gasteiger partial charge >= 0.3 is 0 Å². The van der Waals surface area contributed by atoms with Crippen LogP contribution in [-0.2, 0) is 0 Å². The molecule has 0 radical (unpaired) electrons. The van der Waals surface area contributed by atoms with Gasteiger partial charge in [0, 0.05) is 16.6 Å². The number of hydrogen-bond acceptors (Lipinski definition) is 2. The van der Waals surface area contributed by atoms with Crippen LogP contribution >= 0.6 is 35.6 Å². The molecular formula is C10H12Cl3NO. The van der Waals surface area contributed by atoms with Crippen molar-refractivity contribution in [3.63, 3.8) is 0 Å². The Balaban J connectivity index is 0.00000112. The molecule has 0 aliphatic carbocycles. The van der Waals surface area contributed by atoms with E-state index in [0.717, 1.165) is 24.9 Å². The summed E-state index contributed by atoms with van der Waals surface area (Å²) >= 11 is 11.8. The van der Waals surface area contributed by atoms with Gasteiger partial charge in [0.2, 0.25) is 0 Å². The first-order valence-electron chi connectivity index (χ1n) is 4.60. The highest BCUT2D eigenvalue weighted by Gasteiger charge is 2.22. The highest BCUT2D eigenvalue weighted by Crippen LogP contribution is 2.37. The Kier molecular flexibility index (Phi) is 4.53. The number of halogens is 3. The number of hydrogen-bond donors (Lipinski definition) is 2. The van der Waals surface area contributed by atoms with E-state index in [1.807, 2.05) is 0 Å². The van der Waals surface area contributed by atoms with Gasteiger partial charge in [-0.15, -0.1) is 12.4 Å². The third kappa shape index (κ3) is 2.70. The summed E-state index contributed by atoms with van der Waals surface area (Å²) in [5, 5.41) is 14.0. The summed E-state index contributed by atoms with van der Waals surface area (Å²) in [6.45, 7) is 0.975. The molecule has 2 N–H and O–H groups in total. The smallest absolute Gasteiger partial charge is 0.123 e. The molecule has 0 saturated carbocycles. The third-order valence-corrected chi connectivity index (χ3v) is 3.01. The van der Waals surface area contributed by atoms with Crippen LogP contribution < -0.4 is 5.32 Å². The van der Waals surface area contributed by atoms with Crippen LogP contribution in [0.4, 0.5) is 0 Å². The Hall–Kier alpha value is -0.150. The second-order valence-corrected chi connectivity index (χ2v) is 4.31. The van der Waals surface area contributed by atoms with Crippen LogP contribution in [0.15, 0.2) is 12.1 Å². The summed E-state index contributed by atoms with van der Waals surface area (Å²) in [6, 6.07) is 3.36. The highest BCUT2D eigenvalue weighted by atomic mass is 35.5. The lowest BCUT2D eigenvalue weighted by Gasteiger charge is -2.14. The van der Waals surface area contributed by atoms with Gasteiger partial charge in [0.05, 0.1) is 5.02 Å². The Labute approximate surface area is 105 Å². The SMILES string of the molecule is Cl.Oc1cc(Cl)cc(Cl)c1[C@H]1CCCN1. The average molecular weight is 269 g/mol. The molecule has 2 nitrogen and oxygen atoms in total. The first-order valence-corrected chi connectivity index (χ1v) is 5.35. The first kappa shape index (κ1) is 12.9. The summed E-state index contributed by atoms with van der Waals surface area (Å²) in [5.41, 5.74) is 0.772. The van der Waals surface area contributed by atoms with Crippen molar-refractivity contribution in [1.29, 1.82) is 0 Å². The standard InChI is InChI=1S/C10H11Cl2NO.ClH/c11-6-4-7(12)10(9(14)5-6)8-2-1-3-13-8;/h4-5,8,13-14H,1-3H2;1H/t8-;/m1./s1. The molecule has 1 aliphatic rings. The van der Waals surface area contributed by atoms with E-state index in [0.29, 0.717) is 10.0 Å². The van der Waals surface area contributed by atoms with Crippen molar-refractivity contribution >= 4 is 35.6 Å².